The normalized spacial score (nSPS) is 31.4. The minimum atomic E-state index is -0.0592. The van der Waals surface area contributed by atoms with Crippen LogP contribution in [0.25, 0.3) is 0 Å². The number of nitrogens with one attached hydrogen (secondary N) is 1. The van der Waals surface area contributed by atoms with E-state index >= 15 is 0 Å². The van der Waals surface area contributed by atoms with Crippen LogP contribution in [0, 0.1) is 11.8 Å². The Balaban J connectivity index is 1.87. The second-order valence-corrected chi connectivity index (χ2v) is 6.84. The summed E-state index contributed by atoms with van der Waals surface area (Å²) in [6.07, 6.45) is 9.35. The first-order chi connectivity index (χ1) is 9.15. The van der Waals surface area contributed by atoms with Crippen molar-refractivity contribution in [2.24, 2.45) is 11.8 Å². The zero-order chi connectivity index (χ0) is 13.9. The predicted molar refractivity (Wildman–Crippen MR) is 80.3 cm³/mol. The first-order valence-electron chi connectivity index (χ1n) is 8.15. The second kappa shape index (κ2) is 6.55. The first-order valence-corrected chi connectivity index (χ1v) is 8.15. The molecule has 0 spiro atoms. The number of hydrogen-bond acceptors (Lipinski definition) is 3. The molecule has 0 saturated heterocycles. The molecule has 0 aromatic carbocycles. The Bertz CT molecular complexity index is 266. The minimum absolute atomic E-state index is 0.0592. The molecule has 2 fully saturated rings. The van der Waals surface area contributed by atoms with E-state index in [1.807, 2.05) is 7.05 Å². The average Bonchev–Trinajstić information content (AvgIpc) is 3.30. The fourth-order valence-corrected chi connectivity index (χ4v) is 3.87. The molecule has 2 saturated carbocycles. The van der Waals surface area contributed by atoms with Gasteiger partial charge in [-0.2, -0.15) is 0 Å². The summed E-state index contributed by atoms with van der Waals surface area (Å²) >= 11 is 0. The van der Waals surface area contributed by atoms with Crippen molar-refractivity contribution < 1.29 is 5.11 Å². The summed E-state index contributed by atoms with van der Waals surface area (Å²) in [5.74, 6) is 1.64. The van der Waals surface area contributed by atoms with E-state index in [1.54, 1.807) is 0 Å². The molecule has 112 valence electrons. The fourth-order valence-electron chi connectivity index (χ4n) is 3.87. The van der Waals surface area contributed by atoms with E-state index in [1.165, 1.54) is 44.9 Å². The van der Waals surface area contributed by atoms with E-state index in [0.717, 1.165) is 18.5 Å². The van der Waals surface area contributed by atoms with Gasteiger partial charge < -0.3 is 15.3 Å². The van der Waals surface area contributed by atoms with Gasteiger partial charge in [-0.3, -0.25) is 0 Å². The maximum absolute atomic E-state index is 9.83. The van der Waals surface area contributed by atoms with Gasteiger partial charge in [0.1, 0.15) is 0 Å². The van der Waals surface area contributed by atoms with Gasteiger partial charge in [0.15, 0.2) is 0 Å². The molecule has 0 amide bonds. The van der Waals surface area contributed by atoms with Crippen LogP contribution in [-0.2, 0) is 0 Å². The highest BCUT2D eigenvalue weighted by Gasteiger charge is 2.45. The molecule has 3 nitrogen and oxygen atoms in total. The lowest BCUT2D eigenvalue weighted by Crippen LogP contribution is -2.57. The maximum Gasteiger partial charge on any atom is 0.0628 e. The van der Waals surface area contributed by atoms with E-state index in [2.05, 4.69) is 24.2 Å². The van der Waals surface area contributed by atoms with E-state index in [9.17, 15) is 5.11 Å². The lowest BCUT2D eigenvalue weighted by molar-refractivity contribution is 0.0734. The van der Waals surface area contributed by atoms with Crippen LogP contribution in [0.4, 0.5) is 0 Å². The van der Waals surface area contributed by atoms with Crippen molar-refractivity contribution in [1.29, 1.82) is 0 Å². The molecule has 19 heavy (non-hydrogen) atoms. The molecule has 3 heteroatoms. The van der Waals surface area contributed by atoms with E-state index in [0.29, 0.717) is 5.92 Å². The Hall–Kier alpha value is -0.120. The van der Waals surface area contributed by atoms with Crippen molar-refractivity contribution in [2.75, 3.05) is 27.2 Å². The molecule has 0 bridgehead atoms. The van der Waals surface area contributed by atoms with Crippen molar-refractivity contribution in [3.05, 3.63) is 0 Å². The summed E-state index contributed by atoms with van der Waals surface area (Å²) in [5.41, 5.74) is -0.0592. The van der Waals surface area contributed by atoms with Gasteiger partial charge in [0, 0.05) is 12.6 Å². The third-order valence-electron chi connectivity index (χ3n) is 5.69. The molecule has 1 atom stereocenters. The summed E-state index contributed by atoms with van der Waals surface area (Å²) in [5, 5.41) is 13.3. The van der Waals surface area contributed by atoms with Gasteiger partial charge in [0.25, 0.3) is 0 Å². The van der Waals surface area contributed by atoms with E-state index < -0.39 is 0 Å². The number of rotatable bonds is 7. The molecule has 0 aromatic rings. The third kappa shape index (κ3) is 3.50. The number of aliphatic hydroxyl groups excluding tert-OH is 1. The van der Waals surface area contributed by atoms with E-state index in [-0.39, 0.29) is 12.1 Å². The van der Waals surface area contributed by atoms with Crippen molar-refractivity contribution in [3.8, 4) is 0 Å². The Morgan fingerprint density at radius 1 is 1.16 bits per heavy atom. The monoisotopic (exact) mass is 268 g/mol. The Morgan fingerprint density at radius 2 is 1.79 bits per heavy atom. The van der Waals surface area contributed by atoms with Crippen molar-refractivity contribution in [3.63, 3.8) is 0 Å². The average molecular weight is 268 g/mol. The van der Waals surface area contributed by atoms with Crippen LogP contribution in [-0.4, -0.2) is 48.8 Å². The maximum atomic E-state index is 9.83. The standard InChI is InChI=1S/C16H32N2O/c1-4-13-5-9-15(10-6-13)18(3)11-16(12-19,17-2)14-7-8-14/h13-15,17,19H,4-12H2,1-3H3. The second-order valence-electron chi connectivity index (χ2n) is 6.84. The number of likely N-dealkylation sites (N-methyl/N-ethyl adjacent to an activating group) is 2. The van der Waals surface area contributed by atoms with Gasteiger partial charge >= 0.3 is 0 Å². The fraction of sp³-hybridized carbons (Fsp3) is 1.00. The van der Waals surface area contributed by atoms with Gasteiger partial charge in [-0.15, -0.1) is 0 Å². The van der Waals surface area contributed by atoms with Crippen LogP contribution in [0.3, 0.4) is 0 Å². The van der Waals surface area contributed by atoms with Crippen molar-refractivity contribution in [2.45, 2.75) is 63.5 Å². The van der Waals surface area contributed by atoms with Crippen LogP contribution in [0.15, 0.2) is 0 Å². The highest BCUT2D eigenvalue weighted by atomic mass is 16.3. The molecular formula is C16H32N2O. The summed E-state index contributed by atoms with van der Waals surface area (Å²) in [7, 11) is 4.26. The van der Waals surface area contributed by atoms with Gasteiger partial charge in [0.05, 0.1) is 12.1 Å². The number of nitrogens with zero attached hydrogens (tertiary/aromatic N) is 1. The molecule has 2 rings (SSSR count). The first kappa shape index (κ1) is 15.3. The predicted octanol–water partition coefficient (Wildman–Crippen LogP) is 2.25. The zero-order valence-electron chi connectivity index (χ0n) is 13.0. The molecule has 2 aliphatic carbocycles. The Labute approximate surface area is 118 Å². The molecule has 0 aliphatic heterocycles. The SMILES string of the molecule is CCC1CCC(N(C)CC(CO)(NC)C2CC2)CC1. The number of hydrogen-bond donors (Lipinski definition) is 2. The zero-order valence-corrected chi connectivity index (χ0v) is 13.0. The van der Waals surface area contributed by atoms with Crippen molar-refractivity contribution in [1.82, 2.24) is 10.2 Å². The summed E-state index contributed by atoms with van der Waals surface area (Å²) < 4.78 is 0. The topological polar surface area (TPSA) is 35.5 Å². The molecule has 1 unspecified atom stereocenters. The molecule has 0 aromatic heterocycles. The van der Waals surface area contributed by atoms with Crippen LogP contribution >= 0.6 is 0 Å². The van der Waals surface area contributed by atoms with E-state index in [4.69, 9.17) is 0 Å². The minimum Gasteiger partial charge on any atom is -0.394 e. The van der Waals surface area contributed by atoms with Gasteiger partial charge in [-0.05, 0) is 64.5 Å². The van der Waals surface area contributed by atoms with Crippen molar-refractivity contribution >= 4 is 0 Å². The largest absolute Gasteiger partial charge is 0.394 e. The Kier molecular flexibility index (Phi) is 5.27. The molecular weight excluding hydrogens is 236 g/mol. The van der Waals surface area contributed by atoms with Crippen LogP contribution < -0.4 is 5.32 Å². The molecule has 0 heterocycles. The van der Waals surface area contributed by atoms with Gasteiger partial charge in [-0.25, -0.2) is 0 Å². The third-order valence-corrected chi connectivity index (χ3v) is 5.69. The highest BCUT2D eigenvalue weighted by molar-refractivity contribution is 5.02. The molecule has 2 N–H and O–H groups in total. The van der Waals surface area contributed by atoms with Gasteiger partial charge in [-0.1, -0.05) is 13.3 Å². The summed E-state index contributed by atoms with van der Waals surface area (Å²) in [4.78, 5) is 2.51. The van der Waals surface area contributed by atoms with Crippen LogP contribution in [0.5, 0.6) is 0 Å². The Morgan fingerprint density at radius 3 is 2.21 bits per heavy atom. The highest BCUT2D eigenvalue weighted by Crippen LogP contribution is 2.40. The number of aliphatic hydroxyl groups is 1. The lowest BCUT2D eigenvalue weighted by atomic mass is 9.83. The van der Waals surface area contributed by atoms with Crippen LogP contribution in [0.2, 0.25) is 0 Å². The molecule has 0 radical (unpaired) electrons. The van der Waals surface area contributed by atoms with Gasteiger partial charge in [0.2, 0.25) is 0 Å². The summed E-state index contributed by atoms with van der Waals surface area (Å²) in [6.45, 7) is 3.58. The molecule has 2 aliphatic rings. The lowest BCUT2D eigenvalue weighted by Gasteiger charge is -2.41. The van der Waals surface area contributed by atoms with Crippen LogP contribution in [0.1, 0.15) is 51.9 Å². The summed E-state index contributed by atoms with van der Waals surface area (Å²) in [6, 6.07) is 0.723. The quantitative estimate of drug-likeness (QED) is 0.743. The smallest absolute Gasteiger partial charge is 0.0628 e.